The molecule has 0 spiro atoms. The molecule has 86 valence electrons. The van der Waals surface area contributed by atoms with Crippen molar-refractivity contribution in [3.8, 4) is 0 Å². The molecule has 0 amide bonds. The highest BCUT2D eigenvalue weighted by atomic mass is 35.5. The van der Waals surface area contributed by atoms with Crippen LogP contribution in [-0.4, -0.2) is 37.8 Å². The van der Waals surface area contributed by atoms with Crippen molar-refractivity contribution in [1.29, 1.82) is 0 Å². The van der Waals surface area contributed by atoms with Crippen molar-refractivity contribution in [2.45, 2.75) is 20.1 Å². The van der Waals surface area contributed by atoms with Crippen LogP contribution in [0.2, 0.25) is 0 Å². The molecule has 0 aliphatic carbocycles. The first-order chi connectivity index (χ1) is 5.25. The molecule has 0 saturated carbocycles. The Morgan fingerprint density at radius 3 is 1.93 bits per heavy atom. The van der Waals surface area contributed by atoms with E-state index in [1.807, 2.05) is 28.1 Å². The van der Waals surface area contributed by atoms with Gasteiger partial charge in [0.25, 0.3) is 0 Å². The zero-order valence-corrected chi connectivity index (χ0v) is 10.7. The van der Waals surface area contributed by atoms with Crippen molar-refractivity contribution in [2.75, 3.05) is 21.1 Å². The Balaban J connectivity index is -0.000000605. The minimum absolute atomic E-state index is 0. The predicted octanol–water partition coefficient (Wildman–Crippen LogP) is -1.46. The summed E-state index contributed by atoms with van der Waals surface area (Å²) in [6.45, 7) is 7.01. The number of rotatable bonds is 3. The van der Waals surface area contributed by atoms with Gasteiger partial charge < -0.3 is 23.3 Å². The van der Waals surface area contributed by atoms with Crippen LogP contribution in [0, 0.1) is 0 Å². The van der Waals surface area contributed by atoms with Gasteiger partial charge >= 0.3 is 5.97 Å². The molecular weight excluding hydrogens is 204 g/mol. The molecule has 0 rings (SSSR count). The summed E-state index contributed by atoms with van der Waals surface area (Å²) in [7, 11) is 5.91. The third-order valence-electron chi connectivity index (χ3n) is 1.72. The summed E-state index contributed by atoms with van der Waals surface area (Å²) in [5, 5.41) is 0. The Bertz CT molecular complexity index is 199. The van der Waals surface area contributed by atoms with Crippen molar-refractivity contribution in [1.82, 2.24) is 6.15 Å². The van der Waals surface area contributed by atoms with Crippen LogP contribution in [0.1, 0.15) is 13.8 Å². The maximum atomic E-state index is 11.1. The number of carbonyl (C=O) groups is 1. The van der Waals surface area contributed by atoms with E-state index in [1.54, 1.807) is 6.92 Å². The van der Waals surface area contributed by atoms with Gasteiger partial charge in [-0.15, -0.1) is 0 Å². The Hall–Kier alpha value is -0.580. The SMILES string of the molecule is C=C(C)C(=O)OC(C)[N+](C)(C)C.[Cl-].[NH4+]. The summed E-state index contributed by atoms with van der Waals surface area (Å²) in [5.74, 6) is -0.324. The third kappa shape index (κ3) is 6.88. The van der Waals surface area contributed by atoms with Gasteiger partial charge in [-0.2, -0.15) is 0 Å². The van der Waals surface area contributed by atoms with Gasteiger partial charge in [0.05, 0.1) is 21.1 Å². The van der Waals surface area contributed by atoms with Gasteiger partial charge in [-0.1, -0.05) is 6.58 Å². The molecule has 14 heavy (non-hydrogen) atoms. The van der Waals surface area contributed by atoms with E-state index < -0.39 is 0 Å². The van der Waals surface area contributed by atoms with Gasteiger partial charge in [0.1, 0.15) is 0 Å². The van der Waals surface area contributed by atoms with Crippen molar-refractivity contribution >= 4 is 5.97 Å². The van der Waals surface area contributed by atoms with Crippen LogP contribution in [0.25, 0.3) is 0 Å². The Morgan fingerprint density at radius 1 is 1.36 bits per heavy atom. The summed E-state index contributed by atoms with van der Waals surface area (Å²) in [5.41, 5.74) is 0.440. The maximum absolute atomic E-state index is 11.1. The molecule has 0 aromatic rings. The minimum atomic E-state index is -0.324. The normalized spacial score (nSPS) is 11.8. The van der Waals surface area contributed by atoms with Crippen LogP contribution in [-0.2, 0) is 9.53 Å². The fourth-order valence-electron chi connectivity index (χ4n) is 0.414. The molecular formula is C9H22ClN2O2+. The second kappa shape index (κ2) is 6.81. The molecule has 4 N–H and O–H groups in total. The average Bonchev–Trinajstić information content (AvgIpc) is 1.85. The van der Waals surface area contributed by atoms with Crippen LogP contribution >= 0.6 is 0 Å². The minimum Gasteiger partial charge on any atom is -1.00 e. The lowest BCUT2D eigenvalue weighted by Gasteiger charge is -2.30. The van der Waals surface area contributed by atoms with Gasteiger partial charge in [0, 0.05) is 12.5 Å². The van der Waals surface area contributed by atoms with E-state index in [0.717, 1.165) is 0 Å². The van der Waals surface area contributed by atoms with Gasteiger partial charge in [0.15, 0.2) is 0 Å². The zero-order valence-electron chi connectivity index (χ0n) is 9.93. The number of esters is 1. The van der Waals surface area contributed by atoms with Crippen molar-refractivity contribution < 1.29 is 26.4 Å². The van der Waals surface area contributed by atoms with Crippen LogP contribution in [0.4, 0.5) is 0 Å². The van der Waals surface area contributed by atoms with E-state index in [0.29, 0.717) is 10.1 Å². The lowest BCUT2D eigenvalue weighted by molar-refractivity contribution is -0.914. The van der Waals surface area contributed by atoms with Crippen LogP contribution < -0.4 is 18.6 Å². The molecule has 1 atom stereocenters. The Morgan fingerprint density at radius 2 is 1.71 bits per heavy atom. The number of ether oxygens (including phenoxy) is 1. The first-order valence-corrected chi connectivity index (χ1v) is 3.92. The lowest BCUT2D eigenvalue weighted by Crippen LogP contribution is -3.00. The summed E-state index contributed by atoms with van der Waals surface area (Å²) in [6, 6.07) is 0. The number of halogens is 1. The molecule has 0 aliphatic heterocycles. The molecule has 0 aromatic heterocycles. The zero-order chi connectivity index (χ0) is 9.94. The molecule has 4 nitrogen and oxygen atoms in total. The molecule has 1 unspecified atom stereocenters. The summed E-state index contributed by atoms with van der Waals surface area (Å²) >= 11 is 0. The Kier molecular flexibility index (Phi) is 9.28. The molecule has 0 saturated heterocycles. The van der Waals surface area contributed by atoms with Crippen molar-refractivity contribution in [3.05, 3.63) is 12.2 Å². The number of quaternary nitrogens is 2. The fraction of sp³-hybridized carbons (Fsp3) is 0.667. The monoisotopic (exact) mass is 225 g/mol. The summed E-state index contributed by atoms with van der Waals surface area (Å²) in [4.78, 5) is 11.1. The lowest BCUT2D eigenvalue weighted by atomic mass is 10.3. The van der Waals surface area contributed by atoms with E-state index in [-0.39, 0.29) is 30.8 Å². The first-order valence-electron chi connectivity index (χ1n) is 3.92. The highest BCUT2D eigenvalue weighted by molar-refractivity contribution is 5.86. The van der Waals surface area contributed by atoms with Crippen LogP contribution in [0.15, 0.2) is 12.2 Å². The highest BCUT2D eigenvalue weighted by Gasteiger charge is 2.22. The molecule has 0 radical (unpaired) electrons. The molecule has 0 aromatic carbocycles. The van der Waals surface area contributed by atoms with E-state index in [4.69, 9.17) is 4.74 Å². The number of carbonyl (C=O) groups excluding carboxylic acids is 1. The van der Waals surface area contributed by atoms with Gasteiger partial charge in [-0.25, -0.2) is 4.79 Å². The molecule has 0 fully saturated rings. The van der Waals surface area contributed by atoms with E-state index in [1.165, 1.54) is 0 Å². The third-order valence-corrected chi connectivity index (χ3v) is 1.72. The topological polar surface area (TPSA) is 62.8 Å². The second-order valence-corrected chi connectivity index (χ2v) is 3.90. The van der Waals surface area contributed by atoms with E-state index in [9.17, 15) is 4.79 Å². The van der Waals surface area contributed by atoms with Gasteiger partial charge in [-0.3, -0.25) is 4.48 Å². The maximum Gasteiger partial charge on any atom is 0.337 e. The van der Waals surface area contributed by atoms with E-state index in [2.05, 4.69) is 6.58 Å². The fourth-order valence-corrected chi connectivity index (χ4v) is 0.414. The smallest absolute Gasteiger partial charge is 0.337 e. The molecule has 0 aliphatic rings. The average molecular weight is 226 g/mol. The number of nitrogens with zero attached hydrogens (tertiary/aromatic N) is 1. The van der Waals surface area contributed by atoms with Gasteiger partial charge in [-0.05, 0) is 6.92 Å². The van der Waals surface area contributed by atoms with E-state index >= 15 is 0 Å². The van der Waals surface area contributed by atoms with Crippen molar-refractivity contribution in [3.63, 3.8) is 0 Å². The largest absolute Gasteiger partial charge is 1.00 e. The quantitative estimate of drug-likeness (QED) is 0.276. The first kappa shape index (κ1) is 19.1. The Labute approximate surface area is 92.5 Å². The number of hydrogen-bond acceptors (Lipinski definition) is 2. The molecule has 0 bridgehead atoms. The van der Waals surface area contributed by atoms with Gasteiger partial charge in [0.2, 0.25) is 6.23 Å². The van der Waals surface area contributed by atoms with Crippen LogP contribution in [0.3, 0.4) is 0 Å². The standard InChI is InChI=1S/C9H18NO2.ClH.H3N/c1-7(2)9(11)12-8(3)10(4,5)6;;/h8H,1H2,2-6H3;1H;1H3/q+1;;. The van der Waals surface area contributed by atoms with Crippen LogP contribution in [0.5, 0.6) is 0 Å². The number of hydrogen-bond donors (Lipinski definition) is 1. The second-order valence-electron chi connectivity index (χ2n) is 3.90. The predicted molar refractivity (Wildman–Crippen MR) is 54.4 cm³/mol. The van der Waals surface area contributed by atoms with Crippen molar-refractivity contribution in [2.24, 2.45) is 0 Å². The highest BCUT2D eigenvalue weighted by Crippen LogP contribution is 2.06. The molecule has 5 heteroatoms. The molecule has 0 heterocycles. The summed E-state index contributed by atoms with van der Waals surface area (Å²) in [6.07, 6.45) is -0.144. The summed E-state index contributed by atoms with van der Waals surface area (Å²) < 4.78 is 5.71.